The van der Waals surface area contributed by atoms with Crippen LogP contribution in [0.15, 0.2) is 97.1 Å². The molecule has 5 nitrogen and oxygen atoms in total. The first-order valence-corrected chi connectivity index (χ1v) is 11.8. The zero-order valence-electron chi connectivity index (χ0n) is 19.9. The van der Waals surface area contributed by atoms with E-state index in [1.165, 1.54) is 0 Å². The topological polar surface area (TPSA) is 73.6 Å². The van der Waals surface area contributed by atoms with E-state index in [1.54, 1.807) is 0 Å². The summed E-state index contributed by atoms with van der Waals surface area (Å²) in [5.74, 6) is 6.59. The van der Waals surface area contributed by atoms with Crippen molar-refractivity contribution in [3.05, 3.63) is 119 Å². The van der Waals surface area contributed by atoms with Crippen molar-refractivity contribution in [3.8, 4) is 22.6 Å². The minimum atomic E-state index is -0.272. The van der Waals surface area contributed by atoms with E-state index in [-0.39, 0.29) is 12.3 Å². The summed E-state index contributed by atoms with van der Waals surface area (Å²) in [4.78, 5) is 12.5. The molecule has 4 aromatic carbocycles. The summed E-state index contributed by atoms with van der Waals surface area (Å²) in [6.45, 7) is 2.87. The van der Waals surface area contributed by atoms with E-state index in [4.69, 9.17) is 15.3 Å². The average molecular weight is 467 g/mol. The molecule has 0 saturated heterocycles. The van der Waals surface area contributed by atoms with Gasteiger partial charge in [-0.05, 0) is 34.2 Å². The number of ether oxygens (including phenoxy) is 2. The van der Waals surface area contributed by atoms with Gasteiger partial charge in [-0.15, -0.1) is 0 Å². The van der Waals surface area contributed by atoms with Crippen molar-refractivity contribution in [2.45, 2.75) is 33.0 Å². The van der Waals surface area contributed by atoms with Crippen LogP contribution in [0.5, 0.6) is 11.5 Å². The summed E-state index contributed by atoms with van der Waals surface area (Å²) in [5, 5.41) is 0. The number of nitrogens with two attached hydrogens (primary N) is 1. The lowest BCUT2D eigenvalue weighted by Crippen LogP contribution is -2.32. The molecule has 0 aliphatic heterocycles. The van der Waals surface area contributed by atoms with Gasteiger partial charge >= 0.3 is 0 Å². The molecule has 0 aromatic heterocycles. The second-order valence-corrected chi connectivity index (χ2v) is 8.22. The third kappa shape index (κ3) is 6.08. The van der Waals surface area contributed by atoms with Crippen LogP contribution in [0.2, 0.25) is 0 Å². The minimum Gasteiger partial charge on any atom is -0.488 e. The van der Waals surface area contributed by atoms with E-state index >= 15 is 0 Å². The molecule has 178 valence electrons. The summed E-state index contributed by atoms with van der Waals surface area (Å²) >= 11 is 0. The lowest BCUT2D eigenvalue weighted by Gasteiger charge is -2.22. The number of carbonyl (C=O) groups is 1. The molecule has 0 unspecified atom stereocenters. The van der Waals surface area contributed by atoms with Crippen molar-refractivity contribution in [2.24, 2.45) is 5.84 Å². The van der Waals surface area contributed by atoms with Crippen LogP contribution < -0.4 is 20.7 Å². The Balaban J connectivity index is 1.82. The Morgan fingerprint density at radius 2 is 1.26 bits per heavy atom. The molecular weight excluding hydrogens is 436 g/mol. The first-order valence-electron chi connectivity index (χ1n) is 11.8. The molecule has 0 aliphatic carbocycles. The first kappa shape index (κ1) is 24.0. The zero-order chi connectivity index (χ0) is 24.5. The molecule has 5 heteroatoms. The van der Waals surface area contributed by atoms with Crippen LogP contribution >= 0.6 is 0 Å². The van der Waals surface area contributed by atoms with Gasteiger partial charge in [-0.25, -0.2) is 5.84 Å². The Morgan fingerprint density at radius 1 is 0.743 bits per heavy atom. The number of rotatable bonds is 10. The molecule has 3 N–H and O–H groups in total. The number of amides is 1. The van der Waals surface area contributed by atoms with Gasteiger partial charge in [0, 0.05) is 11.6 Å². The zero-order valence-corrected chi connectivity index (χ0v) is 19.9. The Morgan fingerprint density at radius 3 is 1.77 bits per heavy atom. The smallest absolute Gasteiger partial charge is 0.238 e. The SMILES string of the molecule is CCc1c(OCc2ccccc2)cc(OCc2ccccc2)c(-c2ccccc2)c1CC(=O)NN. The number of hydrazine groups is 1. The fourth-order valence-electron chi connectivity index (χ4n) is 4.16. The van der Waals surface area contributed by atoms with Gasteiger partial charge in [0.15, 0.2) is 0 Å². The average Bonchev–Trinajstić information content (AvgIpc) is 2.92. The van der Waals surface area contributed by atoms with Crippen molar-refractivity contribution >= 4 is 5.91 Å². The van der Waals surface area contributed by atoms with Crippen LogP contribution in [-0.4, -0.2) is 5.91 Å². The van der Waals surface area contributed by atoms with Crippen molar-refractivity contribution in [1.29, 1.82) is 0 Å². The van der Waals surface area contributed by atoms with E-state index in [2.05, 4.69) is 12.3 Å². The maximum absolute atomic E-state index is 12.5. The molecule has 0 spiro atoms. The Bertz CT molecular complexity index is 1240. The first-order chi connectivity index (χ1) is 17.2. The van der Waals surface area contributed by atoms with Crippen LogP contribution in [0.1, 0.15) is 29.2 Å². The lowest BCUT2D eigenvalue weighted by atomic mass is 9.90. The number of nitrogens with one attached hydrogen (secondary N) is 1. The van der Waals surface area contributed by atoms with E-state index in [1.807, 2.05) is 97.1 Å². The summed E-state index contributed by atoms with van der Waals surface area (Å²) in [7, 11) is 0. The molecular formula is C30H30N2O3. The summed E-state index contributed by atoms with van der Waals surface area (Å²) in [6, 6.07) is 32.0. The second kappa shape index (κ2) is 11.9. The molecule has 0 saturated carbocycles. The van der Waals surface area contributed by atoms with Gasteiger partial charge in [0.25, 0.3) is 0 Å². The van der Waals surface area contributed by atoms with Gasteiger partial charge in [0.1, 0.15) is 24.7 Å². The number of hydrogen-bond donors (Lipinski definition) is 2. The van der Waals surface area contributed by atoms with Crippen LogP contribution in [-0.2, 0) is 30.8 Å². The Kier molecular flexibility index (Phi) is 8.15. The molecule has 0 heterocycles. The van der Waals surface area contributed by atoms with E-state index < -0.39 is 0 Å². The highest BCUT2D eigenvalue weighted by molar-refractivity contribution is 5.85. The highest BCUT2D eigenvalue weighted by atomic mass is 16.5. The molecule has 4 rings (SSSR count). The molecule has 0 fully saturated rings. The molecule has 0 aliphatic rings. The van der Waals surface area contributed by atoms with Gasteiger partial charge in [-0.1, -0.05) is 97.9 Å². The summed E-state index contributed by atoms with van der Waals surface area (Å²) in [6.07, 6.45) is 0.810. The lowest BCUT2D eigenvalue weighted by molar-refractivity contribution is -0.120. The van der Waals surface area contributed by atoms with Gasteiger partial charge in [0.2, 0.25) is 5.91 Å². The maximum atomic E-state index is 12.5. The number of benzene rings is 4. The van der Waals surface area contributed by atoms with Crippen molar-refractivity contribution < 1.29 is 14.3 Å². The molecule has 4 aromatic rings. The highest BCUT2D eigenvalue weighted by Gasteiger charge is 2.22. The molecule has 0 bridgehead atoms. The normalized spacial score (nSPS) is 10.6. The van der Waals surface area contributed by atoms with Gasteiger partial charge < -0.3 is 9.47 Å². The summed E-state index contributed by atoms with van der Waals surface area (Å²) in [5.41, 5.74) is 8.08. The predicted molar refractivity (Wildman–Crippen MR) is 139 cm³/mol. The molecule has 0 radical (unpaired) electrons. The van der Waals surface area contributed by atoms with Crippen LogP contribution in [0.3, 0.4) is 0 Å². The third-order valence-corrected chi connectivity index (χ3v) is 5.86. The maximum Gasteiger partial charge on any atom is 0.238 e. The fourth-order valence-corrected chi connectivity index (χ4v) is 4.16. The molecule has 1 amide bonds. The number of hydrogen-bond acceptors (Lipinski definition) is 4. The Labute approximate surface area is 206 Å². The second-order valence-electron chi connectivity index (χ2n) is 8.22. The van der Waals surface area contributed by atoms with Gasteiger partial charge in [-0.3, -0.25) is 10.2 Å². The largest absolute Gasteiger partial charge is 0.488 e. The van der Waals surface area contributed by atoms with Crippen LogP contribution in [0, 0.1) is 0 Å². The summed E-state index contributed by atoms with van der Waals surface area (Å²) < 4.78 is 12.7. The molecule has 0 atom stereocenters. The highest BCUT2D eigenvalue weighted by Crippen LogP contribution is 2.42. The van der Waals surface area contributed by atoms with E-state index in [0.29, 0.717) is 31.1 Å². The minimum absolute atomic E-state index is 0.119. The monoisotopic (exact) mass is 466 g/mol. The quantitative estimate of drug-likeness (QED) is 0.181. The van der Waals surface area contributed by atoms with Crippen molar-refractivity contribution in [1.82, 2.24) is 5.43 Å². The van der Waals surface area contributed by atoms with E-state index in [9.17, 15) is 4.79 Å². The van der Waals surface area contributed by atoms with Crippen LogP contribution in [0.4, 0.5) is 0 Å². The fraction of sp³-hybridized carbons (Fsp3) is 0.167. The van der Waals surface area contributed by atoms with E-state index in [0.717, 1.165) is 33.4 Å². The standard InChI is InChI=1S/C30H30N2O3/c1-2-25-26(18-29(33)32-31)30(24-16-10-5-11-17-24)28(35-21-23-14-8-4-9-15-23)19-27(25)34-20-22-12-6-3-7-13-22/h3-17,19H,2,18,20-21,31H2,1H3,(H,32,33). The van der Waals surface area contributed by atoms with Gasteiger partial charge in [0.05, 0.1) is 6.42 Å². The third-order valence-electron chi connectivity index (χ3n) is 5.86. The van der Waals surface area contributed by atoms with Crippen molar-refractivity contribution in [3.63, 3.8) is 0 Å². The Hall–Kier alpha value is -4.09. The molecule has 35 heavy (non-hydrogen) atoms. The predicted octanol–water partition coefficient (Wildman–Crippen LogP) is 5.61. The number of carbonyl (C=O) groups excluding carboxylic acids is 1. The van der Waals surface area contributed by atoms with Crippen LogP contribution in [0.25, 0.3) is 11.1 Å². The van der Waals surface area contributed by atoms with Crippen molar-refractivity contribution in [2.75, 3.05) is 0 Å². The van der Waals surface area contributed by atoms with Gasteiger partial charge in [-0.2, -0.15) is 0 Å².